The Kier molecular flexibility index (Phi) is 6.17. The molecule has 2 heterocycles. The molecule has 11 heteroatoms. The lowest BCUT2D eigenvalue weighted by atomic mass is 10.2. The number of thioether (sulfide) groups is 1. The second kappa shape index (κ2) is 9.35. The van der Waals surface area contributed by atoms with Crippen LogP contribution in [0.3, 0.4) is 0 Å². The standard InChI is InChI=1S/C21H19N7O3S/c1-12-3-2-4-14(9-12)23-20-26-19(27-28-20)13-5-7-15(8-6-13)31-17-10-16(22)24-21(25-17)32-11-18(29)30/h2-10H,11H2,1H3,(H,29,30)(H2,22,24,25)(H2,23,26,27,28). The minimum absolute atomic E-state index is 0.171. The van der Waals surface area contributed by atoms with Gasteiger partial charge in [-0.15, -0.1) is 10.2 Å². The van der Waals surface area contributed by atoms with Crippen molar-refractivity contribution in [3.05, 3.63) is 60.2 Å². The highest BCUT2D eigenvalue weighted by molar-refractivity contribution is 7.99. The number of nitrogens with zero attached hydrogens (tertiary/aromatic N) is 4. The molecule has 32 heavy (non-hydrogen) atoms. The Bertz CT molecular complexity index is 1240. The van der Waals surface area contributed by atoms with E-state index >= 15 is 0 Å². The lowest BCUT2D eigenvalue weighted by molar-refractivity contribution is -0.133. The van der Waals surface area contributed by atoms with Gasteiger partial charge in [0, 0.05) is 17.3 Å². The number of aryl methyl sites for hydroxylation is 1. The summed E-state index contributed by atoms with van der Waals surface area (Å²) in [4.78, 5) is 22.1. The Morgan fingerprint density at radius 1 is 1.16 bits per heavy atom. The van der Waals surface area contributed by atoms with Gasteiger partial charge in [-0.1, -0.05) is 23.9 Å². The fraction of sp³-hybridized carbons (Fsp3) is 0.0952. The van der Waals surface area contributed by atoms with Gasteiger partial charge in [0.1, 0.15) is 11.6 Å². The number of nitrogens with one attached hydrogen (secondary N) is 2. The maximum atomic E-state index is 10.7. The van der Waals surface area contributed by atoms with Crippen LogP contribution in [0, 0.1) is 6.92 Å². The third-order valence-electron chi connectivity index (χ3n) is 4.14. The fourth-order valence-electron chi connectivity index (χ4n) is 2.77. The van der Waals surface area contributed by atoms with Crippen molar-refractivity contribution in [1.82, 2.24) is 25.1 Å². The zero-order valence-electron chi connectivity index (χ0n) is 16.9. The third kappa shape index (κ3) is 5.52. The number of benzene rings is 2. The molecular formula is C21H19N7O3S. The van der Waals surface area contributed by atoms with E-state index in [4.69, 9.17) is 15.6 Å². The number of carboxylic acid groups (broad SMARTS) is 1. The van der Waals surface area contributed by atoms with Crippen LogP contribution in [0.4, 0.5) is 17.5 Å². The number of hydrogen-bond donors (Lipinski definition) is 4. The summed E-state index contributed by atoms with van der Waals surface area (Å²) in [5.41, 5.74) is 8.65. The lowest BCUT2D eigenvalue weighted by Gasteiger charge is -2.07. The van der Waals surface area contributed by atoms with E-state index in [2.05, 4.69) is 30.5 Å². The zero-order chi connectivity index (χ0) is 22.5. The first-order valence-electron chi connectivity index (χ1n) is 9.48. The molecule has 2 aromatic carbocycles. The summed E-state index contributed by atoms with van der Waals surface area (Å²) < 4.78 is 5.74. The normalized spacial score (nSPS) is 10.7. The first kappa shape index (κ1) is 21.1. The first-order valence-corrected chi connectivity index (χ1v) is 10.5. The van der Waals surface area contributed by atoms with Gasteiger partial charge in [0.05, 0.1) is 5.75 Å². The molecule has 5 N–H and O–H groups in total. The van der Waals surface area contributed by atoms with Gasteiger partial charge in [-0.05, 0) is 48.9 Å². The fourth-order valence-corrected chi connectivity index (χ4v) is 3.35. The van der Waals surface area contributed by atoms with Gasteiger partial charge >= 0.3 is 5.97 Å². The van der Waals surface area contributed by atoms with Crippen molar-refractivity contribution in [3.8, 4) is 23.0 Å². The molecule has 0 radical (unpaired) electrons. The summed E-state index contributed by atoms with van der Waals surface area (Å²) in [6.07, 6.45) is 0. The molecule has 0 aliphatic carbocycles. The largest absolute Gasteiger partial charge is 0.481 e. The molecule has 0 saturated heterocycles. The molecule has 4 aromatic rings. The highest BCUT2D eigenvalue weighted by Gasteiger charge is 2.10. The average molecular weight is 449 g/mol. The first-order chi connectivity index (χ1) is 15.4. The molecule has 0 fully saturated rings. The maximum absolute atomic E-state index is 10.7. The number of anilines is 3. The van der Waals surface area contributed by atoms with Crippen LogP contribution in [0.5, 0.6) is 11.6 Å². The number of aliphatic carboxylic acids is 1. The van der Waals surface area contributed by atoms with Crippen LogP contribution in [0.2, 0.25) is 0 Å². The number of carbonyl (C=O) groups is 1. The molecular weight excluding hydrogens is 430 g/mol. The molecule has 10 nitrogen and oxygen atoms in total. The molecule has 0 spiro atoms. The Labute approximate surface area is 187 Å². The van der Waals surface area contributed by atoms with Gasteiger partial charge in [0.25, 0.3) is 0 Å². The predicted octanol–water partition coefficient (Wildman–Crippen LogP) is 3.86. The molecule has 162 valence electrons. The van der Waals surface area contributed by atoms with Crippen molar-refractivity contribution in [2.24, 2.45) is 0 Å². The number of aromatic nitrogens is 5. The lowest BCUT2D eigenvalue weighted by Crippen LogP contribution is -2.02. The van der Waals surface area contributed by atoms with Crippen molar-refractivity contribution in [2.75, 3.05) is 16.8 Å². The van der Waals surface area contributed by atoms with Crippen LogP contribution < -0.4 is 15.8 Å². The second-order valence-electron chi connectivity index (χ2n) is 6.74. The predicted molar refractivity (Wildman–Crippen MR) is 121 cm³/mol. The van der Waals surface area contributed by atoms with Gasteiger partial charge in [-0.25, -0.2) is 4.98 Å². The van der Waals surface area contributed by atoms with E-state index in [0.29, 0.717) is 17.5 Å². The van der Waals surface area contributed by atoms with E-state index in [1.54, 1.807) is 12.1 Å². The van der Waals surface area contributed by atoms with Crippen molar-refractivity contribution < 1.29 is 14.6 Å². The van der Waals surface area contributed by atoms with E-state index < -0.39 is 5.97 Å². The van der Waals surface area contributed by atoms with Crippen LogP contribution in [0.15, 0.2) is 59.8 Å². The number of carboxylic acids is 1. The zero-order valence-corrected chi connectivity index (χ0v) is 17.8. The van der Waals surface area contributed by atoms with Crippen LogP contribution in [0.25, 0.3) is 11.4 Å². The van der Waals surface area contributed by atoms with Crippen LogP contribution in [-0.4, -0.2) is 42.0 Å². The number of ether oxygens (including phenoxy) is 1. The smallest absolute Gasteiger partial charge is 0.313 e. The summed E-state index contributed by atoms with van der Waals surface area (Å²) in [6.45, 7) is 2.02. The Hall–Kier alpha value is -4.12. The number of nitrogens with two attached hydrogens (primary N) is 1. The summed E-state index contributed by atoms with van der Waals surface area (Å²) >= 11 is 0.964. The van der Waals surface area contributed by atoms with Gasteiger partial charge in [0.2, 0.25) is 11.8 Å². The highest BCUT2D eigenvalue weighted by atomic mass is 32.2. The maximum Gasteiger partial charge on any atom is 0.313 e. The quantitative estimate of drug-likeness (QED) is 0.230. The molecule has 2 aromatic heterocycles. The molecule has 0 bridgehead atoms. The minimum atomic E-state index is -0.969. The third-order valence-corrected chi connectivity index (χ3v) is 4.98. The molecule has 0 amide bonds. The van der Waals surface area contributed by atoms with E-state index in [1.165, 1.54) is 6.07 Å². The Morgan fingerprint density at radius 3 is 2.72 bits per heavy atom. The van der Waals surface area contributed by atoms with Crippen LogP contribution in [-0.2, 0) is 4.79 Å². The number of rotatable bonds is 8. The van der Waals surface area contributed by atoms with E-state index in [9.17, 15) is 4.79 Å². The molecule has 4 rings (SSSR count). The van der Waals surface area contributed by atoms with E-state index in [-0.39, 0.29) is 22.6 Å². The summed E-state index contributed by atoms with van der Waals surface area (Å²) in [7, 11) is 0. The van der Waals surface area contributed by atoms with E-state index in [0.717, 1.165) is 28.6 Å². The van der Waals surface area contributed by atoms with Gasteiger partial charge in [-0.2, -0.15) is 4.98 Å². The molecule has 0 saturated carbocycles. The number of hydrogen-bond acceptors (Lipinski definition) is 9. The van der Waals surface area contributed by atoms with Gasteiger partial charge in [0.15, 0.2) is 11.0 Å². The SMILES string of the molecule is Cc1cccc(Nc2nnc(-c3ccc(Oc4cc(N)nc(SCC(=O)O)n4)cc3)[nH]2)c1. The number of aromatic amines is 1. The average Bonchev–Trinajstić information content (AvgIpc) is 3.21. The van der Waals surface area contributed by atoms with Crippen LogP contribution in [0.1, 0.15) is 5.56 Å². The van der Waals surface area contributed by atoms with Crippen molar-refractivity contribution in [2.45, 2.75) is 12.1 Å². The number of H-pyrrole nitrogens is 1. The molecule has 0 atom stereocenters. The van der Waals surface area contributed by atoms with Crippen molar-refractivity contribution in [3.63, 3.8) is 0 Å². The highest BCUT2D eigenvalue weighted by Crippen LogP contribution is 2.26. The van der Waals surface area contributed by atoms with Crippen LogP contribution >= 0.6 is 11.8 Å². The summed E-state index contributed by atoms with van der Waals surface area (Å²) in [6, 6.07) is 16.6. The minimum Gasteiger partial charge on any atom is -0.481 e. The summed E-state index contributed by atoms with van der Waals surface area (Å²) in [5.74, 6) is 0.939. The molecule has 0 aliphatic rings. The van der Waals surface area contributed by atoms with Gasteiger partial charge < -0.3 is 25.9 Å². The molecule has 0 aliphatic heterocycles. The second-order valence-corrected chi connectivity index (χ2v) is 7.68. The Balaban J connectivity index is 1.44. The summed E-state index contributed by atoms with van der Waals surface area (Å²) in [5, 5.41) is 20.5. The Morgan fingerprint density at radius 2 is 1.97 bits per heavy atom. The topological polar surface area (TPSA) is 152 Å². The van der Waals surface area contributed by atoms with Crippen molar-refractivity contribution >= 4 is 35.2 Å². The molecule has 0 unspecified atom stereocenters. The van der Waals surface area contributed by atoms with Crippen molar-refractivity contribution in [1.29, 1.82) is 0 Å². The monoisotopic (exact) mass is 449 g/mol. The number of nitrogen functional groups attached to an aromatic ring is 1. The van der Waals surface area contributed by atoms with E-state index in [1.807, 2.05) is 43.3 Å². The van der Waals surface area contributed by atoms with Gasteiger partial charge in [-0.3, -0.25) is 4.79 Å².